The van der Waals surface area contributed by atoms with Gasteiger partial charge in [0.15, 0.2) is 5.82 Å². The van der Waals surface area contributed by atoms with Gasteiger partial charge >= 0.3 is 0 Å². The second-order valence-electron chi connectivity index (χ2n) is 7.70. The van der Waals surface area contributed by atoms with E-state index >= 15 is 0 Å². The fourth-order valence-corrected chi connectivity index (χ4v) is 5.14. The minimum atomic E-state index is -0.274. The standard InChI is InChI=1S/C20H27N5OS/c1-13-12-16-10-6-7-11-17(16)24(13)19(26)14(2)27-20-23-22-18(25(20)21)15-8-4-3-5-9-15/h6-7,10-11,13-15H,3-5,8-9,12,21H2,1-2H3/t13-,14+/m0/s1. The Morgan fingerprint density at radius 2 is 1.96 bits per heavy atom. The number of nitrogens with zero attached hydrogens (tertiary/aromatic N) is 4. The molecule has 1 fully saturated rings. The van der Waals surface area contributed by atoms with Gasteiger partial charge in [0.25, 0.3) is 0 Å². The van der Waals surface area contributed by atoms with E-state index in [-0.39, 0.29) is 17.2 Å². The number of nitrogen functional groups attached to an aromatic ring is 1. The summed E-state index contributed by atoms with van der Waals surface area (Å²) in [5, 5.41) is 8.97. The summed E-state index contributed by atoms with van der Waals surface area (Å²) in [5.41, 5.74) is 2.26. The zero-order valence-electron chi connectivity index (χ0n) is 16.0. The Labute approximate surface area is 164 Å². The number of anilines is 1. The van der Waals surface area contributed by atoms with Crippen LogP contribution in [0.25, 0.3) is 0 Å². The van der Waals surface area contributed by atoms with Crippen molar-refractivity contribution in [2.75, 3.05) is 10.7 Å². The lowest BCUT2D eigenvalue weighted by Crippen LogP contribution is -2.40. The number of thioether (sulfide) groups is 1. The number of rotatable bonds is 4. The molecule has 2 N–H and O–H groups in total. The van der Waals surface area contributed by atoms with Gasteiger partial charge in [0.05, 0.1) is 5.25 Å². The minimum Gasteiger partial charge on any atom is -0.336 e. The molecule has 2 heterocycles. The van der Waals surface area contributed by atoms with Crippen LogP contribution in [0.2, 0.25) is 0 Å². The first kappa shape index (κ1) is 18.3. The van der Waals surface area contributed by atoms with Crippen LogP contribution in [0.5, 0.6) is 0 Å². The van der Waals surface area contributed by atoms with E-state index in [1.165, 1.54) is 36.6 Å². The lowest BCUT2D eigenvalue weighted by Gasteiger charge is -2.25. The third-order valence-corrected chi connectivity index (χ3v) is 6.78. The van der Waals surface area contributed by atoms with Crippen molar-refractivity contribution in [2.45, 2.75) is 74.7 Å². The van der Waals surface area contributed by atoms with Gasteiger partial charge in [0.2, 0.25) is 11.1 Å². The predicted molar refractivity (Wildman–Crippen MR) is 108 cm³/mol. The van der Waals surface area contributed by atoms with Crippen LogP contribution in [-0.2, 0) is 11.2 Å². The van der Waals surface area contributed by atoms with Crippen LogP contribution < -0.4 is 10.7 Å². The van der Waals surface area contributed by atoms with Crippen molar-refractivity contribution in [1.82, 2.24) is 14.9 Å². The molecule has 7 heteroatoms. The molecular weight excluding hydrogens is 358 g/mol. The van der Waals surface area contributed by atoms with Gasteiger partial charge in [-0.3, -0.25) is 4.79 Å². The Kier molecular flexibility index (Phi) is 5.12. The van der Waals surface area contributed by atoms with E-state index in [4.69, 9.17) is 5.84 Å². The number of fused-ring (bicyclic) bond motifs is 1. The average molecular weight is 386 g/mol. The topological polar surface area (TPSA) is 77.0 Å². The molecule has 6 nitrogen and oxygen atoms in total. The van der Waals surface area contributed by atoms with E-state index < -0.39 is 0 Å². The first-order valence-electron chi connectivity index (χ1n) is 9.84. The third kappa shape index (κ3) is 3.45. The van der Waals surface area contributed by atoms with Crippen molar-refractivity contribution in [3.8, 4) is 0 Å². The van der Waals surface area contributed by atoms with Crippen molar-refractivity contribution in [1.29, 1.82) is 0 Å². The minimum absolute atomic E-state index is 0.0969. The Morgan fingerprint density at radius 3 is 2.74 bits per heavy atom. The number of para-hydroxylation sites is 1. The molecule has 4 rings (SSSR count). The molecule has 1 aliphatic carbocycles. The Bertz CT molecular complexity index is 830. The molecule has 27 heavy (non-hydrogen) atoms. The Balaban J connectivity index is 1.49. The summed E-state index contributed by atoms with van der Waals surface area (Å²) in [7, 11) is 0. The highest BCUT2D eigenvalue weighted by molar-refractivity contribution is 8.00. The molecule has 0 unspecified atom stereocenters. The van der Waals surface area contributed by atoms with Gasteiger partial charge in [-0.2, -0.15) is 0 Å². The smallest absolute Gasteiger partial charge is 0.240 e. The quantitative estimate of drug-likeness (QED) is 0.644. The largest absolute Gasteiger partial charge is 0.336 e. The van der Waals surface area contributed by atoms with E-state index in [1.54, 1.807) is 4.68 Å². The molecular formula is C20H27N5OS. The summed E-state index contributed by atoms with van der Waals surface area (Å²) in [5.74, 6) is 7.63. The Hall–Kier alpha value is -2.02. The van der Waals surface area contributed by atoms with Gasteiger partial charge in [-0.05, 0) is 44.7 Å². The van der Waals surface area contributed by atoms with Gasteiger partial charge in [0, 0.05) is 17.6 Å². The highest BCUT2D eigenvalue weighted by Gasteiger charge is 2.34. The van der Waals surface area contributed by atoms with E-state index in [2.05, 4.69) is 23.2 Å². The second-order valence-corrected chi connectivity index (χ2v) is 9.00. The zero-order valence-corrected chi connectivity index (χ0v) is 16.8. The molecule has 2 aliphatic rings. The first-order chi connectivity index (χ1) is 13.1. The number of hydrogen-bond acceptors (Lipinski definition) is 5. The molecule has 1 aliphatic heterocycles. The maximum absolute atomic E-state index is 13.1. The lowest BCUT2D eigenvalue weighted by molar-refractivity contribution is -0.118. The summed E-state index contributed by atoms with van der Waals surface area (Å²) in [6.45, 7) is 4.03. The van der Waals surface area contributed by atoms with Crippen molar-refractivity contribution in [3.63, 3.8) is 0 Å². The van der Waals surface area contributed by atoms with Gasteiger partial charge in [-0.1, -0.05) is 49.2 Å². The summed E-state index contributed by atoms with van der Waals surface area (Å²) in [6, 6.07) is 8.32. The third-order valence-electron chi connectivity index (χ3n) is 5.74. The normalized spacial score (nSPS) is 21.3. The fourth-order valence-electron chi connectivity index (χ4n) is 4.31. The monoisotopic (exact) mass is 385 g/mol. The zero-order chi connectivity index (χ0) is 19.0. The predicted octanol–water partition coefficient (Wildman–Crippen LogP) is 3.50. The van der Waals surface area contributed by atoms with E-state index in [9.17, 15) is 4.79 Å². The second kappa shape index (κ2) is 7.54. The van der Waals surface area contributed by atoms with Crippen LogP contribution in [0, 0.1) is 0 Å². The number of benzene rings is 1. The summed E-state index contributed by atoms with van der Waals surface area (Å²) in [4.78, 5) is 15.1. The molecule has 1 amide bonds. The molecule has 0 radical (unpaired) electrons. The maximum atomic E-state index is 13.1. The van der Waals surface area contributed by atoms with Gasteiger partial charge in [-0.25, -0.2) is 4.68 Å². The molecule has 2 atom stereocenters. The van der Waals surface area contributed by atoms with Crippen molar-refractivity contribution in [3.05, 3.63) is 35.7 Å². The molecule has 0 saturated heterocycles. The molecule has 1 aromatic carbocycles. The molecule has 1 aromatic heterocycles. The number of amides is 1. The van der Waals surface area contributed by atoms with E-state index in [1.807, 2.05) is 30.0 Å². The van der Waals surface area contributed by atoms with Crippen molar-refractivity contribution in [2.24, 2.45) is 0 Å². The first-order valence-corrected chi connectivity index (χ1v) is 10.7. The average Bonchev–Trinajstić information content (AvgIpc) is 3.21. The van der Waals surface area contributed by atoms with Gasteiger partial charge in [-0.15, -0.1) is 10.2 Å². The summed E-state index contributed by atoms with van der Waals surface area (Å²) >= 11 is 1.40. The lowest BCUT2D eigenvalue weighted by atomic mass is 9.89. The summed E-state index contributed by atoms with van der Waals surface area (Å²) < 4.78 is 1.60. The van der Waals surface area contributed by atoms with E-state index in [0.717, 1.165) is 30.8 Å². The van der Waals surface area contributed by atoms with Crippen molar-refractivity contribution >= 4 is 23.4 Å². The van der Waals surface area contributed by atoms with Crippen LogP contribution in [0.4, 0.5) is 5.69 Å². The number of carbonyl (C=O) groups is 1. The fraction of sp³-hybridized carbons (Fsp3) is 0.550. The molecule has 144 valence electrons. The number of hydrogen-bond donors (Lipinski definition) is 1. The number of aromatic nitrogens is 3. The van der Waals surface area contributed by atoms with Crippen LogP contribution in [0.3, 0.4) is 0 Å². The number of nitrogens with two attached hydrogens (primary N) is 1. The molecule has 1 saturated carbocycles. The van der Waals surface area contributed by atoms with E-state index in [0.29, 0.717) is 11.1 Å². The van der Waals surface area contributed by atoms with Crippen LogP contribution in [-0.4, -0.2) is 32.1 Å². The summed E-state index contributed by atoms with van der Waals surface area (Å²) in [6.07, 6.45) is 6.88. The molecule has 0 spiro atoms. The van der Waals surface area contributed by atoms with Crippen molar-refractivity contribution < 1.29 is 4.79 Å². The molecule has 0 bridgehead atoms. The maximum Gasteiger partial charge on any atom is 0.240 e. The van der Waals surface area contributed by atoms with Crippen LogP contribution in [0.15, 0.2) is 29.4 Å². The highest BCUT2D eigenvalue weighted by atomic mass is 32.2. The van der Waals surface area contributed by atoms with Crippen LogP contribution >= 0.6 is 11.8 Å². The van der Waals surface area contributed by atoms with Gasteiger partial charge < -0.3 is 10.7 Å². The van der Waals surface area contributed by atoms with Gasteiger partial charge in [0.1, 0.15) is 0 Å². The SMILES string of the molecule is C[C@@H](Sc1nnc(C2CCCCC2)n1N)C(=O)N1c2ccccc2C[C@@H]1C. The Morgan fingerprint density at radius 1 is 1.22 bits per heavy atom. The molecule has 2 aromatic rings. The highest BCUT2D eigenvalue weighted by Crippen LogP contribution is 2.36. The number of carbonyl (C=O) groups excluding carboxylic acids is 1. The van der Waals surface area contributed by atoms with Crippen LogP contribution in [0.1, 0.15) is 63.3 Å².